The molecule has 0 aliphatic rings. The summed E-state index contributed by atoms with van der Waals surface area (Å²) in [6.45, 7) is 3.12. The van der Waals surface area contributed by atoms with Crippen LogP contribution in [0.5, 0.6) is 11.5 Å². The number of hydrogen-bond acceptors (Lipinski definition) is 5. The highest BCUT2D eigenvalue weighted by atomic mass is 79.9. The van der Waals surface area contributed by atoms with E-state index in [-0.39, 0.29) is 0 Å². The predicted octanol–water partition coefficient (Wildman–Crippen LogP) is 3.05. The Hall–Kier alpha value is -1.53. The first-order chi connectivity index (χ1) is 9.63. The average molecular weight is 341 g/mol. The molecule has 1 heterocycles. The lowest BCUT2D eigenvalue weighted by molar-refractivity contribution is 0.354. The van der Waals surface area contributed by atoms with Crippen molar-refractivity contribution in [2.24, 2.45) is 0 Å². The van der Waals surface area contributed by atoms with Crippen molar-refractivity contribution in [2.45, 2.75) is 20.0 Å². The maximum absolute atomic E-state index is 5.40. The van der Waals surface area contributed by atoms with E-state index in [4.69, 9.17) is 13.9 Å². The van der Waals surface area contributed by atoms with Crippen LogP contribution in [0.15, 0.2) is 27.2 Å². The Bertz CT molecular complexity index is 584. The smallest absolute Gasteiger partial charge is 0.208 e. The largest absolute Gasteiger partial charge is 0.493 e. The van der Waals surface area contributed by atoms with Crippen LogP contribution in [0.4, 0.5) is 0 Å². The Morgan fingerprint density at radius 1 is 1.20 bits per heavy atom. The minimum atomic E-state index is 0.578. The van der Waals surface area contributed by atoms with Crippen molar-refractivity contribution in [1.29, 1.82) is 0 Å². The number of rotatable bonds is 6. The van der Waals surface area contributed by atoms with Gasteiger partial charge in [0.2, 0.25) is 5.89 Å². The van der Waals surface area contributed by atoms with E-state index in [1.165, 1.54) is 0 Å². The van der Waals surface area contributed by atoms with Gasteiger partial charge in [0.1, 0.15) is 5.76 Å². The van der Waals surface area contributed by atoms with E-state index in [9.17, 15) is 0 Å². The number of halogens is 1. The molecule has 0 fully saturated rings. The van der Waals surface area contributed by atoms with E-state index >= 15 is 0 Å². The highest BCUT2D eigenvalue weighted by Crippen LogP contribution is 2.33. The fourth-order valence-electron chi connectivity index (χ4n) is 1.82. The van der Waals surface area contributed by atoms with Gasteiger partial charge in [0.05, 0.1) is 27.0 Å². The zero-order valence-electron chi connectivity index (χ0n) is 11.7. The summed E-state index contributed by atoms with van der Waals surface area (Å²) < 4.78 is 16.9. The van der Waals surface area contributed by atoms with Crippen LogP contribution in [-0.2, 0) is 13.1 Å². The minimum Gasteiger partial charge on any atom is -0.493 e. The lowest BCUT2D eigenvalue weighted by Gasteiger charge is -2.12. The van der Waals surface area contributed by atoms with Crippen molar-refractivity contribution in [3.8, 4) is 11.5 Å². The highest BCUT2D eigenvalue weighted by molar-refractivity contribution is 9.10. The van der Waals surface area contributed by atoms with Gasteiger partial charge in [-0.25, -0.2) is 4.98 Å². The van der Waals surface area contributed by atoms with Crippen LogP contribution < -0.4 is 14.8 Å². The van der Waals surface area contributed by atoms with Crippen LogP contribution in [-0.4, -0.2) is 19.2 Å². The second-order valence-corrected chi connectivity index (χ2v) is 5.12. The van der Waals surface area contributed by atoms with E-state index in [0.29, 0.717) is 30.5 Å². The number of aromatic nitrogens is 1. The number of hydrogen-bond donors (Lipinski definition) is 1. The molecule has 0 radical (unpaired) electrons. The van der Waals surface area contributed by atoms with E-state index in [2.05, 4.69) is 26.2 Å². The van der Waals surface area contributed by atoms with Gasteiger partial charge < -0.3 is 19.2 Å². The molecule has 0 unspecified atom stereocenters. The van der Waals surface area contributed by atoms with Gasteiger partial charge in [-0.3, -0.25) is 0 Å². The molecule has 2 rings (SSSR count). The average Bonchev–Trinajstić information content (AvgIpc) is 2.85. The van der Waals surface area contributed by atoms with Gasteiger partial charge in [-0.1, -0.05) is 15.9 Å². The third-order valence-electron chi connectivity index (χ3n) is 2.81. The van der Waals surface area contributed by atoms with E-state index in [1.54, 1.807) is 20.4 Å². The van der Waals surface area contributed by atoms with Crippen molar-refractivity contribution in [1.82, 2.24) is 10.3 Å². The number of oxazole rings is 1. The van der Waals surface area contributed by atoms with Gasteiger partial charge in [-0.2, -0.15) is 0 Å². The van der Waals surface area contributed by atoms with Gasteiger partial charge in [-0.15, -0.1) is 0 Å². The van der Waals surface area contributed by atoms with Crippen molar-refractivity contribution in [2.75, 3.05) is 14.2 Å². The van der Waals surface area contributed by atoms with Crippen LogP contribution in [0, 0.1) is 6.92 Å². The quantitative estimate of drug-likeness (QED) is 0.875. The number of benzene rings is 1. The predicted molar refractivity (Wildman–Crippen MR) is 79.0 cm³/mol. The zero-order chi connectivity index (χ0) is 14.5. The van der Waals surface area contributed by atoms with Crippen LogP contribution in [0.2, 0.25) is 0 Å². The summed E-state index contributed by atoms with van der Waals surface area (Å²) in [4.78, 5) is 4.14. The Balaban J connectivity index is 2.02. The fraction of sp³-hybridized carbons (Fsp3) is 0.357. The van der Waals surface area contributed by atoms with Crippen molar-refractivity contribution in [3.05, 3.63) is 40.0 Å². The highest BCUT2D eigenvalue weighted by Gasteiger charge is 2.09. The van der Waals surface area contributed by atoms with Crippen molar-refractivity contribution in [3.63, 3.8) is 0 Å². The summed E-state index contributed by atoms with van der Waals surface area (Å²) in [5, 5.41) is 3.28. The first-order valence-electron chi connectivity index (χ1n) is 6.16. The van der Waals surface area contributed by atoms with Gasteiger partial charge in [-0.05, 0) is 24.6 Å². The molecule has 0 aliphatic heterocycles. The number of nitrogens with zero attached hydrogens (tertiary/aromatic N) is 1. The van der Waals surface area contributed by atoms with Crippen molar-refractivity contribution >= 4 is 15.9 Å². The Morgan fingerprint density at radius 2 is 1.90 bits per heavy atom. The van der Waals surface area contributed by atoms with Gasteiger partial charge in [0.25, 0.3) is 0 Å². The summed E-state index contributed by atoms with van der Waals surface area (Å²) in [6.07, 6.45) is 1.71. The third-order valence-corrected chi connectivity index (χ3v) is 3.55. The summed E-state index contributed by atoms with van der Waals surface area (Å²) >= 11 is 3.53. The van der Waals surface area contributed by atoms with Gasteiger partial charge >= 0.3 is 0 Å². The van der Waals surface area contributed by atoms with Gasteiger partial charge in [0, 0.05) is 11.0 Å². The minimum absolute atomic E-state index is 0.578. The molecule has 1 N–H and O–H groups in total. The molecule has 0 bridgehead atoms. The molecule has 1 aromatic carbocycles. The molecule has 20 heavy (non-hydrogen) atoms. The first kappa shape index (κ1) is 14.9. The lowest BCUT2D eigenvalue weighted by atomic mass is 10.2. The number of ether oxygens (including phenoxy) is 2. The number of aryl methyl sites for hydroxylation is 1. The summed E-state index contributed by atoms with van der Waals surface area (Å²) in [5.41, 5.74) is 1.07. The molecule has 0 atom stereocenters. The second-order valence-electron chi connectivity index (χ2n) is 4.27. The number of nitrogens with one attached hydrogen (secondary N) is 1. The van der Waals surface area contributed by atoms with Crippen LogP contribution in [0.3, 0.4) is 0 Å². The molecule has 5 nitrogen and oxygen atoms in total. The molecule has 0 saturated heterocycles. The molecule has 6 heteroatoms. The fourth-order valence-corrected chi connectivity index (χ4v) is 2.28. The number of methoxy groups -OCH3 is 2. The summed E-state index contributed by atoms with van der Waals surface area (Å²) in [7, 11) is 3.24. The van der Waals surface area contributed by atoms with Gasteiger partial charge in [0.15, 0.2) is 11.5 Å². The maximum atomic E-state index is 5.40. The molecular weight excluding hydrogens is 324 g/mol. The second kappa shape index (κ2) is 6.76. The summed E-state index contributed by atoms with van der Waals surface area (Å²) in [5.74, 6) is 2.90. The van der Waals surface area contributed by atoms with Crippen LogP contribution in [0.1, 0.15) is 17.2 Å². The standard InChI is InChI=1S/C14H17BrN2O3/c1-9-6-17-14(20-9)8-16-7-10-4-12(18-2)13(19-3)5-11(10)15/h4-6,16H,7-8H2,1-3H3. The maximum Gasteiger partial charge on any atom is 0.208 e. The van der Waals surface area contributed by atoms with E-state index in [0.717, 1.165) is 15.8 Å². The molecule has 0 aliphatic carbocycles. The SMILES string of the molecule is COc1cc(Br)c(CNCc2ncc(C)o2)cc1OC. The lowest BCUT2D eigenvalue weighted by Crippen LogP contribution is -2.13. The van der Waals surface area contributed by atoms with Crippen LogP contribution in [0.25, 0.3) is 0 Å². The summed E-state index contributed by atoms with van der Waals surface area (Å²) in [6, 6.07) is 3.84. The zero-order valence-corrected chi connectivity index (χ0v) is 13.3. The molecule has 2 aromatic rings. The van der Waals surface area contributed by atoms with Crippen LogP contribution >= 0.6 is 15.9 Å². The van der Waals surface area contributed by atoms with Crippen molar-refractivity contribution < 1.29 is 13.9 Å². The molecule has 0 amide bonds. The topological polar surface area (TPSA) is 56.5 Å². The molecule has 0 spiro atoms. The molecule has 1 aromatic heterocycles. The first-order valence-corrected chi connectivity index (χ1v) is 6.95. The Kier molecular flexibility index (Phi) is 5.03. The molecule has 108 valence electrons. The monoisotopic (exact) mass is 340 g/mol. The normalized spacial score (nSPS) is 10.6. The van der Waals surface area contributed by atoms with E-state index < -0.39 is 0 Å². The molecular formula is C14H17BrN2O3. The van der Waals surface area contributed by atoms with E-state index in [1.807, 2.05) is 19.1 Å². The Labute approximate surface area is 126 Å². The Morgan fingerprint density at radius 3 is 2.50 bits per heavy atom. The third kappa shape index (κ3) is 3.52. The molecule has 0 saturated carbocycles.